The van der Waals surface area contributed by atoms with Crippen molar-refractivity contribution in [3.05, 3.63) is 64.1 Å². The van der Waals surface area contributed by atoms with Crippen molar-refractivity contribution in [3.63, 3.8) is 0 Å². The van der Waals surface area contributed by atoms with Crippen LogP contribution in [-0.2, 0) is 22.7 Å². The van der Waals surface area contributed by atoms with Crippen LogP contribution < -0.4 is 4.90 Å². The molecule has 0 aliphatic carbocycles. The second-order valence-electron chi connectivity index (χ2n) is 6.84. The molecule has 1 heterocycles. The van der Waals surface area contributed by atoms with Crippen molar-refractivity contribution in [2.45, 2.75) is 32.1 Å². The molecule has 0 spiro atoms. The van der Waals surface area contributed by atoms with E-state index >= 15 is 0 Å². The number of anilines is 1. The Kier molecular flexibility index (Phi) is 5.04. The molecule has 25 heavy (non-hydrogen) atoms. The summed E-state index contributed by atoms with van der Waals surface area (Å²) >= 11 is 1.93. The normalized spacial score (nSPS) is 17.1. The number of carbonyl (C=O) groups is 1. The minimum atomic E-state index is -1.49. The Balaban J connectivity index is 1.98. The first-order valence-corrected chi connectivity index (χ1v) is 9.84. The highest BCUT2D eigenvalue weighted by Crippen LogP contribution is 2.32. The molecule has 0 saturated carbocycles. The van der Waals surface area contributed by atoms with Gasteiger partial charge in [-0.2, -0.15) is 0 Å². The summed E-state index contributed by atoms with van der Waals surface area (Å²) in [5, 5.41) is 0. The summed E-state index contributed by atoms with van der Waals surface area (Å²) in [5.74, 6) is -0.207. The summed E-state index contributed by atoms with van der Waals surface area (Å²) in [6.45, 7) is 5.98. The molecule has 2 aromatic rings. The predicted octanol–water partition coefficient (Wildman–Crippen LogP) is 4.25. The Labute approximate surface area is 159 Å². The maximum atomic E-state index is 12.9. The molecule has 130 valence electrons. The average Bonchev–Trinajstić information content (AvgIpc) is 2.82. The minimum absolute atomic E-state index is 0.207. The maximum Gasteiger partial charge on any atom is 0.282 e. The van der Waals surface area contributed by atoms with Crippen molar-refractivity contribution in [1.82, 2.24) is 0 Å². The lowest BCUT2D eigenvalue weighted by atomic mass is 10.1. The second-order valence-corrected chi connectivity index (χ2v) is 9.66. The lowest BCUT2D eigenvalue weighted by molar-refractivity contribution is -0.112. The minimum Gasteiger partial charge on any atom is -0.591 e. The summed E-state index contributed by atoms with van der Waals surface area (Å²) in [6, 6.07) is 15.4. The number of benzene rings is 2. The first kappa shape index (κ1) is 18.2. The molecule has 0 aromatic heterocycles. The lowest BCUT2D eigenvalue weighted by Gasteiger charge is -2.19. The van der Waals surface area contributed by atoms with E-state index in [0.29, 0.717) is 6.54 Å². The third kappa shape index (κ3) is 3.81. The molecule has 0 fully saturated rings. The van der Waals surface area contributed by atoms with E-state index in [1.165, 1.54) is 0 Å². The number of nitrogens with zero attached hydrogens (tertiary/aromatic N) is 2. The van der Waals surface area contributed by atoms with Crippen molar-refractivity contribution in [3.8, 4) is 0 Å². The number of fused-ring (bicyclic) bond motifs is 1. The van der Waals surface area contributed by atoms with Gasteiger partial charge < -0.3 is 9.45 Å². The fourth-order valence-electron chi connectivity index (χ4n) is 2.50. The molecule has 1 atom stereocenters. The molecule has 1 unspecified atom stereocenters. The van der Waals surface area contributed by atoms with Crippen molar-refractivity contribution >= 4 is 44.6 Å². The molecule has 1 aliphatic heterocycles. The Morgan fingerprint density at radius 1 is 1.12 bits per heavy atom. The van der Waals surface area contributed by atoms with Gasteiger partial charge in [0.25, 0.3) is 5.91 Å². The summed E-state index contributed by atoms with van der Waals surface area (Å²) in [7, 11) is 0. The summed E-state index contributed by atoms with van der Waals surface area (Å²) < 4.78 is 17.2. The van der Waals surface area contributed by atoms with Crippen molar-refractivity contribution in [2.75, 3.05) is 4.90 Å². The predicted molar refractivity (Wildman–Crippen MR) is 106 cm³/mol. The molecule has 3 rings (SSSR count). The standard InChI is InChI=1S/C19H19BrN2O2S/c1-19(2,3)25(24)21-17-15-6-4-5-7-16(15)22(18(17)23)12-13-8-10-14(20)11-9-13/h4-11H,12H2,1-3H3. The first-order valence-electron chi connectivity index (χ1n) is 7.94. The van der Waals surface area contributed by atoms with Gasteiger partial charge >= 0.3 is 0 Å². The van der Waals surface area contributed by atoms with Crippen LogP contribution in [0.4, 0.5) is 5.69 Å². The Bertz CT molecular complexity index is 828. The van der Waals surface area contributed by atoms with E-state index in [4.69, 9.17) is 0 Å². The van der Waals surface area contributed by atoms with Gasteiger partial charge in [-0.3, -0.25) is 4.79 Å². The molecule has 6 heteroatoms. The molecule has 0 saturated heterocycles. The molecule has 2 aromatic carbocycles. The number of rotatable bonds is 3. The van der Waals surface area contributed by atoms with Crippen LogP contribution >= 0.6 is 15.9 Å². The van der Waals surface area contributed by atoms with Crippen LogP contribution in [0.5, 0.6) is 0 Å². The molecule has 1 amide bonds. The summed E-state index contributed by atoms with van der Waals surface area (Å²) in [4.78, 5) is 14.6. The third-order valence-corrected chi connectivity index (χ3v) is 5.77. The van der Waals surface area contributed by atoms with Crippen LogP contribution in [0.3, 0.4) is 0 Å². The molecule has 1 aliphatic rings. The van der Waals surface area contributed by atoms with Gasteiger partial charge in [-0.05, 0) is 44.5 Å². The highest BCUT2D eigenvalue weighted by Gasteiger charge is 2.37. The van der Waals surface area contributed by atoms with Gasteiger partial charge in [0.05, 0.1) is 12.2 Å². The molecule has 4 nitrogen and oxygen atoms in total. The number of hydrogen-bond donors (Lipinski definition) is 0. The highest BCUT2D eigenvalue weighted by molar-refractivity contribution is 9.10. The average molecular weight is 419 g/mol. The van der Waals surface area contributed by atoms with Crippen molar-refractivity contribution in [1.29, 1.82) is 0 Å². The zero-order chi connectivity index (χ0) is 18.2. The van der Waals surface area contributed by atoms with Gasteiger partial charge in [0.2, 0.25) is 0 Å². The van der Waals surface area contributed by atoms with Crippen LogP contribution in [-0.4, -0.2) is 20.9 Å². The Morgan fingerprint density at radius 3 is 2.40 bits per heavy atom. The van der Waals surface area contributed by atoms with Crippen molar-refractivity contribution < 1.29 is 9.35 Å². The van der Waals surface area contributed by atoms with Crippen LogP contribution in [0.15, 0.2) is 57.4 Å². The largest absolute Gasteiger partial charge is 0.591 e. The van der Waals surface area contributed by atoms with E-state index in [9.17, 15) is 9.35 Å². The Morgan fingerprint density at radius 2 is 1.76 bits per heavy atom. The first-order chi connectivity index (χ1) is 11.8. The molecular formula is C19H19BrN2O2S. The smallest absolute Gasteiger partial charge is 0.282 e. The molecule has 0 N–H and O–H groups in total. The fraction of sp³-hybridized carbons (Fsp3) is 0.263. The number of hydrogen-bond acceptors (Lipinski definition) is 3. The van der Waals surface area contributed by atoms with Crippen LogP contribution in [0.1, 0.15) is 31.9 Å². The lowest BCUT2D eigenvalue weighted by Crippen LogP contribution is -2.32. The molecular weight excluding hydrogens is 400 g/mol. The zero-order valence-electron chi connectivity index (χ0n) is 14.3. The van der Waals surface area contributed by atoms with Gasteiger partial charge in [-0.1, -0.05) is 50.7 Å². The van der Waals surface area contributed by atoms with Gasteiger partial charge in [0.1, 0.15) is 16.1 Å². The topological polar surface area (TPSA) is 55.7 Å². The van der Waals surface area contributed by atoms with Crippen LogP contribution in [0.2, 0.25) is 0 Å². The summed E-state index contributed by atoms with van der Waals surface area (Å²) in [5.41, 5.74) is 2.84. The van der Waals surface area contributed by atoms with Crippen LogP contribution in [0, 0.1) is 0 Å². The molecule has 0 bridgehead atoms. The number of para-hydroxylation sites is 1. The number of carbonyl (C=O) groups excluding carboxylic acids is 1. The van der Waals surface area contributed by atoms with Gasteiger partial charge in [0.15, 0.2) is 5.71 Å². The van der Waals surface area contributed by atoms with E-state index in [0.717, 1.165) is 21.3 Å². The number of amides is 1. The molecule has 0 radical (unpaired) electrons. The van der Waals surface area contributed by atoms with Crippen molar-refractivity contribution in [2.24, 2.45) is 4.40 Å². The third-order valence-electron chi connectivity index (χ3n) is 3.85. The van der Waals surface area contributed by atoms with E-state index in [1.807, 2.05) is 69.3 Å². The quantitative estimate of drug-likeness (QED) is 0.699. The van der Waals surface area contributed by atoms with Crippen LogP contribution in [0.25, 0.3) is 0 Å². The SMILES string of the molecule is CC(C)(C)[S+]([O-])N=C1C(=O)N(Cc2ccc(Br)cc2)c2ccccc21. The second kappa shape index (κ2) is 6.94. The van der Waals surface area contributed by atoms with Gasteiger partial charge in [-0.25, -0.2) is 0 Å². The van der Waals surface area contributed by atoms with E-state index in [-0.39, 0.29) is 11.6 Å². The van der Waals surface area contributed by atoms with Gasteiger partial charge in [0, 0.05) is 10.0 Å². The van der Waals surface area contributed by atoms with E-state index in [1.54, 1.807) is 4.90 Å². The van der Waals surface area contributed by atoms with E-state index in [2.05, 4.69) is 20.3 Å². The van der Waals surface area contributed by atoms with Gasteiger partial charge in [-0.15, -0.1) is 0 Å². The zero-order valence-corrected chi connectivity index (χ0v) is 16.7. The van der Waals surface area contributed by atoms with E-state index < -0.39 is 16.1 Å². The highest BCUT2D eigenvalue weighted by atomic mass is 79.9. The fourth-order valence-corrected chi connectivity index (χ4v) is 3.38. The number of halogens is 1. The maximum absolute atomic E-state index is 12.9. The Hall–Kier alpha value is -1.63. The summed E-state index contributed by atoms with van der Waals surface area (Å²) in [6.07, 6.45) is 0. The monoisotopic (exact) mass is 418 g/mol.